The normalized spacial score (nSPS) is 19.8. The van der Waals surface area contributed by atoms with Gasteiger partial charge in [0.15, 0.2) is 0 Å². The van der Waals surface area contributed by atoms with Gasteiger partial charge in [-0.15, -0.1) is 11.3 Å². The number of likely N-dealkylation sites (tertiary alicyclic amines) is 1. The van der Waals surface area contributed by atoms with Gasteiger partial charge in [-0.3, -0.25) is 9.59 Å². The Morgan fingerprint density at radius 1 is 1.24 bits per heavy atom. The highest BCUT2D eigenvalue weighted by atomic mass is 32.1. The molecule has 0 aliphatic carbocycles. The SMILES string of the molecule is CO[C@@H](C)CC(=O)N1CCC[C@H]1[C@H](CO)[C@@H](C)C(=O)C[C@@H](Cc1ccccc1)c1nccs1. The number of thiazole rings is 1. The zero-order chi connectivity index (χ0) is 23.8. The van der Waals surface area contributed by atoms with Crippen LogP contribution < -0.4 is 0 Å². The molecule has 1 N–H and O–H groups in total. The van der Waals surface area contributed by atoms with Gasteiger partial charge in [-0.2, -0.15) is 0 Å². The standard InChI is InChI=1S/C26H36N2O4S/c1-18(32-3)14-25(31)28-12-7-10-23(28)22(17-29)19(2)24(30)16-21(26-27-11-13-33-26)15-20-8-5-4-6-9-20/h4-6,8-9,11,13,18-19,21-23,29H,7,10,12,14-17H2,1-3H3/t18-,19+,21+,22+,23-/m0/s1. The molecule has 3 rings (SSSR count). The van der Waals surface area contributed by atoms with Crippen molar-refractivity contribution in [2.24, 2.45) is 11.8 Å². The molecule has 1 aromatic heterocycles. The van der Waals surface area contributed by atoms with Crippen LogP contribution in [-0.4, -0.2) is 59.1 Å². The van der Waals surface area contributed by atoms with Crippen LogP contribution in [0, 0.1) is 11.8 Å². The summed E-state index contributed by atoms with van der Waals surface area (Å²) in [7, 11) is 1.60. The van der Waals surface area contributed by atoms with Crippen LogP contribution >= 0.6 is 11.3 Å². The molecule has 1 saturated heterocycles. The predicted molar refractivity (Wildman–Crippen MR) is 130 cm³/mol. The summed E-state index contributed by atoms with van der Waals surface area (Å²) in [6.07, 6.45) is 4.78. The van der Waals surface area contributed by atoms with Gasteiger partial charge < -0.3 is 14.7 Å². The van der Waals surface area contributed by atoms with Crippen LogP contribution in [-0.2, 0) is 20.7 Å². The van der Waals surface area contributed by atoms with E-state index in [4.69, 9.17) is 4.74 Å². The van der Waals surface area contributed by atoms with Crippen molar-refractivity contribution in [1.29, 1.82) is 0 Å². The minimum Gasteiger partial charge on any atom is -0.396 e. The van der Waals surface area contributed by atoms with Crippen LogP contribution in [0.5, 0.6) is 0 Å². The molecular weight excluding hydrogens is 436 g/mol. The number of ether oxygens (including phenoxy) is 1. The molecule has 180 valence electrons. The number of methoxy groups -OCH3 is 1. The first-order valence-electron chi connectivity index (χ1n) is 11.8. The van der Waals surface area contributed by atoms with Crippen molar-refractivity contribution in [1.82, 2.24) is 9.88 Å². The van der Waals surface area contributed by atoms with Crippen LogP contribution in [0.3, 0.4) is 0 Å². The number of nitrogens with zero attached hydrogens (tertiary/aromatic N) is 2. The molecule has 1 aromatic carbocycles. The molecule has 1 fully saturated rings. The van der Waals surface area contributed by atoms with E-state index in [1.54, 1.807) is 24.6 Å². The highest BCUT2D eigenvalue weighted by molar-refractivity contribution is 7.09. The molecule has 2 heterocycles. The zero-order valence-electron chi connectivity index (χ0n) is 19.9. The Morgan fingerprint density at radius 3 is 2.64 bits per heavy atom. The first-order chi connectivity index (χ1) is 15.9. The maximum absolute atomic E-state index is 13.4. The number of rotatable bonds is 12. The molecule has 33 heavy (non-hydrogen) atoms. The van der Waals surface area contributed by atoms with E-state index in [0.29, 0.717) is 19.4 Å². The fraction of sp³-hybridized carbons (Fsp3) is 0.577. The lowest BCUT2D eigenvalue weighted by atomic mass is 9.80. The van der Waals surface area contributed by atoms with Gasteiger partial charge in [0.05, 0.1) is 17.5 Å². The quantitative estimate of drug-likeness (QED) is 0.503. The first-order valence-corrected chi connectivity index (χ1v) is 12.7. The van der Waals surface area contributed by atoms with Crippen molar-refractivity contribution in [3.05, 3.63) is 52.5 Å². The number of ketones is 1. The lowest BCUT2D eigenvalue weighted by Crippen LogP contribution is -2.45. The largest absolute Gasteiger partial charge is 0.396 e. The van der Waals surface area contributed by atoms with Crippen LogP contribution in [0.15, 0.2) is 41.9 Å². The lowest BCUT2D eigenvalue weighted by molar-refractivity contribution is -0.137. The lowest BCUT2D eigenvalue weighted by Gasteiger charge is -2.34. The summed E-state index contributed by atoms with van der Waals surface area (Å²) in [5.41, 5.74) is 1.18. The zero-order valence-corrected chi connectivity index (χ0v) is 20.7. The molecule has 0 radical (unpaired) electrons. The number of aliphatic hydroxyl groups excluding tert-OH is 1. The van der Waals surface area contributed by atoms with Gasteiger partial charge in [-0.25, -0.2) is 4.98 Å². The topological polar surface area (TPSA) is 79.7 Å². The average Bonchev–Trinajstić information content (AvgIpc) is 3.52. The van der Waals surface area contributed by atoms with Gasteiger partial charge >= 0.3 is 0 Å². The van der Waals surface area contributed by atoms with E-state index in [2.05, 4.69) is 17.1 Å². The minimum atomic E-state index is -0.341. The molecular formula is C26H36N2O4S. The Morgan fingerprint density at radius 2 is 2.00 bits per heavy atom. The summed E-state index contributed by atoms with van der Waals surface area (Å²) >= 11 is 1.58. The first kappa shape index (κ1) is 25.5. The molecule has 0 bridgehead atoms. The Bertz CT molecular complexity index is 874. The Labute approximate surface area is 201 Å². The van der Waals surface area contributed by atoms with Crippen molar-refractivity contribution >= 4 is 23.0 Å². The number of hydrogen-bond donors (Lipinski definition) is 1. The van der Waals surface area contributed by atoms with Gasteiger partial charge in [-0.05, 0) is 31.7 Å². The number of carbonyl (C=O) groups is 2. The van der Waals surface area contributed by atoms with E-state index >= 15 is 0 Å². The van der Waals surface area contributed by atoms with Crippen LogP contribution in [0.4, 0.5) is 0 Å². The average molecular weight is 473 g/mol. The Hall–Kier alpha value is -2.09. The molecule has 0 spiro atoms. The van der Waals surface area contributed by atoms with Gasteiger partial charge in [0.2, 0.25) is 5.91 Å². The van der Waals surface area contributed by atoms with E-state index in [1.807, 2.05) is 42.3 Å². The Balaban J connectivity index is 1.71. The van der Waals surface area contributed by atoms with Gasteiger partial charge in [0.25, 0.3) is 0 Å². The Kier molecular flexibility index (Phi) is 9.59. The van der Waals surface area contributed by atoms with Crippen molar-refractivity contribution in [2.45, 2.75) is 64.0 Å². The van der Waals surface area contributed by atoms with E-state index in [9.17, 15) is 14.7 Å². The maximum Gasteiger partial charge on any atom is 0.225 e. The third kappa shape index (κ3) is 6.71. The van der Waals surface area contributed by atoms with Crippen LogP contribution in [0.2, 0.25) is 0 Å². The predicted octanol–water partition coefficient (Wildman–Crippen LogP) is 4.09. The maximum atomic E-state index is 13.4. The van der Waals surface area contributed by atoms with Crippen molar-refractivity contribution in [3.63, 3.8) is 0 Å². The smallest absolute Gasteiger partial charge is 0.225 e. The van der Waals surface area contributed by atoms with Crippen molar-refractivity contribution in [3.8, 4) is 0 Å². The highest BCUT2D eigenvalue weighted by Crippen LogP contribution is 2.33. The second-order valence-electron chi connectivity index (χ2n) is 9.11. The van der Waals surface area contributed by atoms with Gasteiger partial charge in [0, 0.05) is 62.1 Å². The van der Waals surface area contributed by atoms with Crippen molar-refractivity contribution in [2.75, 3.05) is 20.3 Å². The monoisotopic (exact) mass is 472 g/mol. The number of carbonyl (C=O) groups excluding carboxylic acids is 2. The van der Waals surface area contributed by atoms with E-state index in [-0.39, 0.29) is 48.2 Å². The second-order valence-corrected chi connectivity index (χ2v) is 10.0. The minimum absolute atomic E-state index is 0.00515. The fourth-order valence-corrected chi connectivity index (χ4v) is 5.60. The number of amides is 1. The molecule has 0 unspecified atom stereocenters. The molecule has 6 nitrogen and oxygen atoms in total. The molecule has 5 atom stereocenters. The molecule has 0 saturated carbocycles. The summed E-state index contributed by atoms with van der Waals surface area (Å²) in [6.45, 7) is 4.35. The third-order valence-electron chi connectivity index (χ3n) is 6.91. The number of benzene rings is 1. The molecule has 2 aromatic rings. The summed E-state index contributed by atoms with van der Waals surface area (Å²) in [6, 6.07) is 10.1. The van der Waals surface area contributed by atoms with Crippen molar-refractivity contribution < 1.29 is 19.4 Å². The van der Waals surface area contributed by atoms with E-state index in [0.717, 1.165) is 24.3 Å². The number of hydrogen-bond acceptors (Lipinski definition) is 6. The fourth-order valence-electron chi connectivity index (χ4n) is 4.86. The van der Waals surface area contributed by atoms with Gasteiger partial charge in [0.1, 0.15) is 5.78 Å². The summed E-state index contributed by atoms with van der Waals surface area (Å²) in [4.78, 5) is 32.6. The van der Waals surface area contributed by atoms with E-state index in [1.165, 1.54) is 5.56 Å². The third-order valence-corrected chi connectivity index (χ3v) is 7.85. The highest BCUT2D eigenvalue weighted by Gasteiger charge is 2.39. The molecule has 1 aliphatic rings. The summed E-state index contributed by atoms with van der Waals surface area (Å²) < 4.78 is 5.26. The van der Waals surface area contributed by atoms with E-state index < -0.39 is 0 Å². The summed E-state index contributed by atoms with van der Waals surface area (Å²) in [5, 5.41) is 13.2. The van der Waals surface area contributed by atoms with Crippen LogP contribution in [0.1, 0.15) is 56.0 Å². The number of aliphatic hydroxyl groups is 1. The summed E-state index contributed by atoms with van der Waals surface area (Å²) in [5.74, 6) is -0.447. The molecule has 7 heteroatoms. The number of Topliss-reactive ketones (excluding diaryl/α,β-unsaturated/α-hetero) is 1. The molecule has 1 aliphatic heterocycles. The molecule has 1 amide bonds. The van der Waals surface area contributed by atoms with Gasteiger partial charge in [-0.1, -0.05) is 37.3 Å². The second kappa shape index (κ2) is 12.4. The van der Waals surface area contributed by atoms with Crippen LogP contribution in [0.25, 0.3) is 0 Å². The number of aromatic nitrogens is 1.